The molecule has 6 heteroatoms. The van der Waals surface area contributed by atoms with E-state index < -0.39 is 0 Å². The predicted octanol–water partition coefficient (Wildman–Crippen LogP) is 5.10. The number of halogens is 2. The Morgan fingerprint density at radius 1 is 1.21 bits per heavy atom. The molecule has 4 nitrogen and oxygen atoms in total. The second kappa shape index (κ2) is 8.32. The molecule has 0 amide bonds. The van der Waals surface area contributed by atoms with E-state index in [2.05, 4.69) is 22.0 Å². The Kier molecular flexibility index (Phi) is 6.14. The van der Waals surface area contributed by atoms with Crippen LogP contribution >= 0.6 is 23.2 Å². The van der Waals surface area contributed by atoms with Crippen LogP contribution in [0.5, 0.6) is 0 Å². The molecule has 3 rings (SSSR count). The first-order valence-corrected chi connectivity index (χ1v) is 9.38. The van der Waals surface area contributed by atoms with Gasteiger partial charge in [-0.3, -0.25) is 0 Å². The molecule has 1 aromatic carbocycles. The monoisotopic (exact) mass is 367 g/mol. The standard InChI is InChI=1S/C18H23Cl2N3O/c1-13-7-10-23(11-8-13)9-3-2-4-17-21-18(22-24-17)15-12-14(19)5-6-16(15)20/h5-6,12-13H,2-4,7-11H2,1H3. The van der Waals surface area contributed by atoms with Crippen molar-refractivity contribution in [2.75, 3.05) is 19.6 Å². The summed E-state index contributed by atoms with van der Waals surface area (Å²) in [4.78, 5) is 7.00. The fourth-order valence-corrected chi connectivity index (χ4v) is 3.41. The van der Waals surface area contributed by atoms with Crippen molar-refractivity contribution in [3.05, 3.63) is 34.1 Å². The van der Waals surface area contributed by atoms with Crippen molar-refractivity contribution in [3.63, 3.8) is 0 Å². The normalized spacial score (nSPS) is 16.6. The lowest BCUT2D eigenvalue weighted by molar-refractivity contribution is 0.189. The van der Waals surface area contributed by atoms with E-state index in [0.717, 1.165) is 31.7 Å². The fourth-order valence-electron chi connectivity index (χ4n) is 3.03. The summed E-state index contributed by atoms with van der Waals surface area (Å²) in [7, 11) is 0. The van der Waals surface area contributed by atoms with E-state index in [-0.39, 0.29) is 0 Å². The van der Waals surface area contributed by atoms with Crippen LogP contribution in [0, 0.1) is 5.92 Å². The first-order chi connectivity index (χ1) is 11.6. The van der Waals surface area contributed by atoms with Gasteiger partial charge in [0.05, 0.1) is 5.02 Å². The van der Waals surface area contributed by atoms with E-state index in [1.165, 1.54) is 25.9 Å². The minimum absolute atomic E-state index is 0.502. The van der Waals surface area contributed by atoms with Gasteiger partial charge < -0.3 is 9.42 Å². The van der Waals surface area contributed by atoms with Crippen molar-refractivity contribution >= 4 is 23.2 Å². The second-order valence-electron chi connectivity index (χ2n) is 6.62. The van der Waals surface area contributed by atoms with Gasteiger partial charge in [-0.15, -0.1) is 0 Å². The molecule has 1 aliphatic rings. The van der Waals surface area contributed by atoms with Gasteiger partial charge in [0.25, 0.3) is 0 Å². The Balaban J connectivity index is 1.47. The van der Waals surface area contributed by atoms with Crippen LogP contribution in [0.4, 0.5) is 0 Å². The third-order valence-electron chi connectivity index (χ3n) is 4.63. The van der Waals surface area contributed by atoms with Gasteiger partial charge in [-0.05, 0) is 69.4 Å². The number of likely N-dealkylation sites (tertiary alicyclic amines) is 1. The maximum atomic E-state index is 6.18. The number of nitrogens with zero attached hydrogens (tertiary/aromatic N) is 3. The van der Waals surface area contributed by atoms with E-state index >= 15 is 0 Å². The Morgan fingerprint density at radius 2 is 2.00 bits per heavy atom. The number of aryl methyl sites for hydroxylation is 1. The highest BCUT2D eigenvalue weighted by Gasteiger charge is 2.15. The van der Waals surface area contributed by atoms with Crippen LogP contribution in [0.2, 0.25) is 10.0 Å². The third-order valence-corrected chi connectivity index (χ3v) is 5.19. The number of hydrogen-bond donors (Lipinski definition) is 0. The second-order valence-corrected chi connectivity index (χ2v) is 7.46. The van der Waals surface area contributed by atoms with E-state index in [1.54, 1.807) is 18.2 Å². The number of unbranched alkanes of at least 4 members (excludes halogenated alkanes) is 1. The molecule has 0 radical (unpaired) electrons. The highest BCUT2D eigenvalue weighted by molar-refractivity contribution is 6.35. The Labute approximate surface area is 153 Å². The van der Waals surface area contributed by atoms with Crippen LogP contribution in [-0.2, 0) is 6.42 Å². The maximum Gasteiger partial charge on any atom is 0.226 e. The summed E-state index contributed by atoms with van der Waals surface area (Å²) < 4.78 is 5.34. The van der Waals surface area contributed by atoms with Crippen molar-refractivity contribution in [1.82, 2.24) is 15.0 Å². The smallest absolute Gasteiger partial charge is 0.226 e. The zero-order valence-electron chi connectivity index (χ0n) is 14.0. The van der Waals surface area contributed by atoms with Gasteiger partial charge in [0, 0.05) is 17.0 Å². The number of hydrogen-bond acceptors (Lipinski definition) is 4. The molecule has 0 unspecified atom stereocenters. The van der Waals surface area contributed by atoms with Crippen LogP contribution in [0.25, 0.3) is 11.4 Å². The summed E-state index contributed by atoms with van der Waals surface area (Å²) >= 11 is 12.2. The molecular weight excluding hydrogens is 345 g/mol. The average molecular weight is 368 g/mol. The number of aromatic nitrogens is 2. The van der Waals surface area contributed by atoms with Crippen LogP contribution in [0.3, 0.4) is 0 Å². The summed E-state index contributed by atoms with van der Waals surface area (Å²) in [6.07, 6.45) is 5.66. The van der Waals surface area contributed by atoms with Gasteiger partial charge >= 0.3 is 0 Å². The largest absolute Gasteiger partial charge is 0.339 e. The molecule has 130 valence electrons. The lowest BCUT2D eigenvalue weighted by Crippen LogP contribution is -2.33. The molecule has 0 aliphatic carbocycles. The van der Waals surface area contributed by atoms with E-state index in [0.29, 0.717) is 27.3 Å². The van der Waals surface area contributed by atoms with Gasteiger partial charge in [-0.1, -0.05) is 35.3 Å². The molecule has 1 saturated heterocycles. The number of rotatable bonds is 6. The van der Waals surface area contributed by atoms with Gasteiger partial charge in [-0.25, -0.2) is 0 Å². The van der Waals surface area contributed by atoms with E-state index in [4.69, 9.17) is 27.7 Å². The SMILES string of the molecule is CC1CCN(CCCCc2nc(-c3cc(Cl)ccc3Cl)no2)CC1. The summed E-state index contributed by atoms with van der Waals surface area (Å²) in [5, 5.41) is 5.21. The van der Waals surface area contributed by atoms with Crippen molar-refractivity contribution in [3.8, 4) is 11.4 Å². The van der Waals surface area contributed by atoms with Crippen LogP contribution in [-0.4, -0.2) is 34.7 Å². The topological polar surface area (TPSA) is 42.2 Å². The Bertz CT molecular complexity index is 666. The molecule has 1 aromatic heterocycles. The first kappa shape index (κ1) is 17.7. The number of piperidine rings is 1. The van der Waals surface area contributed by atoms with Crippen molar-refractivity contribution in [2.24, 2.45) is 5.92 Å². The molecule has 24 heavy (non-hydrogen) atoms. The lowest BCUT2D eigenvalue weighted by atomic mass is 9.99. The van der Waals surface area contributed by atoms with Gasteiger partial charge in [0.1, 0.15) is 0 Å². The molecule has 0 N–H and O–H groups in total. The maximum absolute atomic E-state index is 6.18. The molecule has 2 heterocycles. The minimum atomic E-state index is 0.502. The van der Waals surface area contributed by atoms with Crippen LogP contribution < -0.4 is 0 Å². The Hall–Kier alpha value is -1.10. The summed E-state index contributed by atoms with van der Waals surface area (Å²) in [6, 6.07) is 5.25. The summed E-state index contributed by atoms with van der Waals surface area (Å²) in [6.45, 7) is 5.97. The predicted molar refractivity (Wildman–Crippen MR) is 97.5 cm³/mol. The molecule has 2 aromatic rings. The zero-order chi connectivity index (χ0) is 16.9. The van der Waals surface area contributed by atoms with E-state index in [1.807, 2.05) is 0 Å². The quantitative estimate of drug-likeness (QED) is 0.666. The average Bonchev–Trinajstić information content (AvgIpc) is 3.04. The molecule has 0 atom stereocenters. The number of benzene rings is 1. The molecule has 0 bridgehead atoms. The third kappa shape index (κ3) is 4.71. The van der Waals surface area contributed by atoms with Gasteiger partial charge in [0.2, 0.25) is 11.7 Å². The minimum Gasteiger partial charge on any atom is -0.339 e. The highest BCUT2D eigenvalue weighted by Crippen LogP contribution is 2.28. The lowest BCUT2D eigenvalue weighted by Gasteiger charge is -2.30. The highest BCUT2D eigenvalue weighted by atomic mass is 35.5. The summed E-state index contributed by atoms with van der Waals surface area (Å²) in [5.41, 5.74) is 0.710. The molecule has 1 fully saturated rings. The Morgan fingerprint density at radius 3 is 2.79 bits per heavy atom. The molecule has 0 spiro atoms. The van der Waals surface area contributed by atoms with Crippen molar-refractivity contribution in [1.29, 1.82) is 0 Å². The van der Waals surface area contributed by atoms with Crippen LogP contribution in [0.15, 0.2) is 22.7 Å². The zero-order valence-corrected chi connectivity index (χ0v) is 15.5. The fraction of sp³-hybridized carbons (Fsp3) is 0.556. The molecular formula is C18H23Cl2N3O. The van der Waals surface area contributed by atoms with Gasteiger partial charge in [-0.2, -0.15) is 4.98 Å². The molecule has 0 saturated carbocycles. The van der Waals surface area contributed by atoms with Crippen LogP contribution in [0.1, 0.15) is 38.5 Å². The first-order valence-electron chi connectivity index (χ1n) is 8.62. The van der Waals surface area contributed by atoms with Crippen molar-refractivity contribution in [2.45, 2.75) is 39.0 Å². The van der Waals surface area contributed by atoms with E-state index in [9.17, 15) is 0 Å². The van der Waals surface area contributed by atoms with Crippen molar-refractivity contribution < 1.29 is 4.52 Å². The summed E-state index contributed by atoms with van der Waals surface area (Å²) in [5.74, 6) is 2.05. The molecule has 1 aliphatic heterocycles. The van der Waals surface area contributed by atoms with Gasteiger partial charge in [0.15, 0.2) is 0 Å².